The fraction of sp³-hybridized carbons (Fsp3) is 0.350. The van der Waals surface area contributed by atoms with Gasteiger partial charge in [0.05, 0.1) is 5.39 Å². The average molecular weight is 349 g/mol. The van der Waals surface area contributed by atoms with Gasteiger partial charge < -0.3 is 9.80 Å². The molecule has 1 N–H and O–H groups in total. The number of aromatic nitrogens is 3. The highest BCUT2D eigenvalue weighted by molar-refractivity contribution is 5.92. The molecule has 3 aromatic rings. The smallest absolute Gasteiger partial charge is 0.262 e. The summed E-state index contributed by atoms with van der Waals surface area (Å²) in [4.78, 5) is 29.4. The molecule has 0 spiro atoms. The van der Waals surface area contributed by atoms with E-state index in [0.29, 0.717) is 17.0 Å². The van der Waals surface area contributed by atoms with Crippen molar-refractivity contribution in [3.63, 3.8) is 0 Å². The molecule has 1 aromatic carbocycles. The van der Waals surface area contributed by atoms with Crippen LogP contribution in [-0.4, -0.2) is 52.6 Å². The number of piperazine rings is 1. The maximum Gasteiger partial charge on any atom is 0.262 e. The van der Waals surface area contributed by atoms with E-state index in [-0.39, 0.29) is 5.56 Å². The van der Waals surface area contributed by atoms with Crippen LogP contribution in [0, 0.1) is 6.92 Å². The molecule has 3 heterocycles. The van der Waals surface area contributed by atoms with Gasteiger partial charge in [0.15, 0.2) is 5.65 Å². The largest absolute Gasteiger partial charge is 0.340 e. The number of hydrogen-bond acceptors (Lipinski definition) is 5. The van der Waals surface area contributed by atoms with E-state index in [1.54, 1.807) is 6.20 Å². The zero-order valence-electron chi connectivity index (χ0n) is 15.2. The highest BCUT2D eigenvalue weighted by Gasteiger charge is 2.19. The van der Waals surface area contributed by atoms with Gasteiger partial charge >= 0.3 is 0 Å². The molecule has 0 unspecified atom stereocenters. The molecule has 26 heavy (non-hydrogen) atoms. The average Bonchev–Trinajstić information content (AvgIpc) is 2.68. The van der Waals surface area contributed by atoms with Crippen LogP contribution < -0.4 is 10.5 Å². The van der Waals surface area contributed by atoms with Crippen molar-refractivity contribution in [3.05, 3.63) is 52.4 Å². The zero-order chi connectivity index (χ0) is 18.1. The number of benzene rings is 1. The molecule has 4 rings (SSSR count). The van der Waals surface area contributed by atoms with Crippen LogP contribution in [0.15, 0.2) is 41.3 Å². The Morgan fingerprint density at radius 3 is 2.50 bits per heavy atom. The summed E-state index contributed by atoms with van der Waals surface area (Å²) in [6.07, 6.45) is 1.72. The van der Waals surface area contributed by atoms with Gasteiger partial charge in [-0.15, -0.1) is 0 Å². The fourth-order valence-electron chi connectivity index (χ4n) is 3.45. The number of hydrogen-bond donors (Lipinski definition) is 1. The fourth-order valence-corrected chi connectivity index (χ4v) is 3.45. The van der Waals surface area contributed by atoms with Gasteiger partial charge in [-0.25, -0.2) is 4.98 Å². The van der Waals surface area contributed by atoms with Crippen LogP contribution >= 0.6 is 0 Å². The number of aryl methyl sites for hydroxylation is 1. The molecular formula is C20H23N5O. The summed E-state index contributed by atoms with van der Waals surface area (Å²) in [5, 5.41) is 0.548. The van der Waals surface area contributed by atoms with Crippen LogP contribution in [0.4, 0.5) is 5.95 Å². The Kier molecular flexibility index (Phi) is 4.42. The lowest BCUT2D eigenvalue weighted by atomic mass is 10.0. The third kappa shape index (κ3) is 3.08. The number of pyridine rings is 1. The van der Waals surface area contributed by atoms with Crippen LogP contribution in [0.3, 0.4) is 0 Å². The molecule has 0 atom stereocenters. The quantitative estimate of drug-likeness (QED) is 0.787. The Hall–Kier alpha value is -2.73. The van der Waals surface area contributed by atoms with Gasteiger partial charge in [-0.05, 0) is 30.7 Å². The maximum atomic E-state index is 12.9. The van der Waals surface area contributed by atoms with Gasteiger partial charge in [0.1, 0.15) is 0 Å². The summed E-state index contributed by atoms with van der Waals surface area (Å²) in [7, 11) is 0. The lowest BCUT2D eigenvalue weighted by Gasteiger charge is -2.34. The van der Waals surface area contributed by atoms with E-state index in [4.69, 9.17) is 0 Å². The number of likely N-dealkylation sites (N-methyl/N-ethyl adjacent to an activating group) is 1. The van der Waals surface area contributed by atoms with Crippen molar-refractivity contribution in [2.75, 3.05) is 37.6 Å². The number of nitrogens with zero attached hydrogens (tertiary/aromatic N) is 4. The Morgan fingerprint density at radius 2 is 1.81 bits per heavy atom. The van der Waals surface area contributed by atoms with Crippen molar-refractivity contribution >= 4 is 17.0 Å². The molecule has 134 valence electrons. The maximum absolute atomic E-state index is 12.9. The minimum atomic E-state index is -0.133. The van der Waals surface area contributed by atoms with Crippen LogP contribution in [0.2, 0.25) is 0 Å². The van der Waals surface area contributed by atoms with E-state index in [0.717, 1.165) is 43.9 Å². The predicted octanol–water partition coefficient (Wildman–Crippen LogP) is 2.44. The molecular weight excluding hydrogens is 326 g/mol. The number of anilines is 1. The summed E-state index contributed by atoms with van der Waals surface area (Å²) < 4.78 is 0. The minimum absolute atomic E-state index is 0.133. The van der Waals surface area contributed by atoms with E-state index >= 15 is 0 Å². The third-order valence-corrected chi connectivity index (χ3v) is 5.08. The standard InChI is InChI=1S/C20H23N5O/c1-3-24-10-12-25(13-11-24)20-22-18-17(19(26)23-20)16(8-9-21-18)15-6-4-14(2)5-7-15/h4-9H,3,10-13H2,1-2H3,(H,21,22,23,26). The van der Waals surface area contributed by atoms with Crippen LogP contribution in [0.25, 0.3) is 22.2 Å². The van der Waals surface area contributed by atoms with Crippen molar-refractivity contribution in [1.29, 1.82) is 0 Å². The minimum Gasteiger partial charge on any atom is -0.340 e. The lowest BCUT2D eigenvalue weighted by molar-refractivity contribution is 0.270. The highest BCUT2D eigenvalue weighted by Crippen LogP contribution is 2.25. The van der Waals surface area contributed by atoms with Crippen molar-refractivity contribution in [3.8, 4) is 11.1 Å². The van der Waals surface area contributed by atoms with Gasteiger partial charge in [0.25, 0.3) is 5.56 Å². The summed E-state index contributed by atoms with van der Waals surface area (Å²) in [6.45, 7) is 8.96. The molecule has 1 aliphatic rings. The second-order valence-electron chi connectivity index (χ2n) is 6.73. The van der Waals surface area contributed by atoms with Crippen LogP contribution in [0.5, 0.6) is 0 Å². The van der Waals surface area contributed by atoms with E-state index in [1.165, 1.54) is 5.56 Å². The molecule has 1 aliphatic heterocycles. The lowest BCUT2D eigenvalue weighted by Crippen LogP contribution is -2.47. The number of H-pyrrole nitrogens is 1. The van der Waals surface area contributed by atoms with Crippen LogP contribution in [-0.2, 0) is 0 Å². The molecule has 0 aliphatic carbocycles. The zero-order valence-corrected chi connectivity index (χ0v) is 15.2. The van der Waals surface area contributed by atoms with Crippen LogP contribution in [0.1, 0.15) is 12.5 Å². The summed E-state index contributed by atoms with van der Waals surface area (Å²) in [5.41, 5.74) is 3.42. The first kappa shape index (κ1) is 16.7. The monoisotopic (exact) mass is 349 g/mol. The number of nitrogens with one attached hydrogen (secondary N) is 1. The van der Waals surface area contributed by atoms with E-state index in [1.807, 2.05) is 37.3 Å². The first-order chi connectivity index (χ1) is 12.7. The number of rotatable bonds is 3. The first-order valence-corrected chi connectivity index (χ1v) is 9.09. The van der Waals surface area contributed by atoms with E-state index in [9.17, 15) is 4.79 Å². The van der Waals surface area contributed by atoms with Gasteiger partial charge in [0.2, 0.25) is 5.95 Å². The molecule has 0 radical (unpaired) electrons. The Morgan fingerprint density at radius 1 is 1.08 bits per heavy atom. The first-order valence-electron chi connectivity index (χ1n) is 9.09. The second kappa shape index (κ2) is 6.88. The number of aromatic amines is 1. The predicted molar refractivity (Wildman–Crippen MR) is 105 cm³/mol. The molecule has 1 fully saturated rings. The van der Waals surface area contributed by atoms with E-state index < -0.39 is 0 Å². The van der Waals surface area contributed by atoms with Crippen molar-refractivity contribution in [2.45, 2.75) is 13.8 Å². The SMILES string of the molecule is CCN1CCN(c2nc3nccc(-c4ccc(C)cc4)c3c(=O)[nH]2)CC1. The molecule has 0 bridgehead atoms. The van der Waals surface area contributed by atoms with E-state index in [2.05, 4.69) is 31.7 Å². The highest BCUT2D eigenvalue weighted by atomic mass is 16.1. The molecule has 6 nitrogen and oxygen atoms in total. The third-order valence-electron chi connectivity index (χ3n) is 5.08. The summed E-state index contributed by atoms with van der Waals surface area (Å²) >= 11 is 0. The summed E-state index contributed by atoms with van der Waals surface area (Å²) in [5.74, 6) is 0.617. The topological polar surface area (TPSA) is 65.1 Å². The van der Waals surface area contributed by atoms with Gasteiger partial charge in [-0.2, -0.15) is 4.98 Å². The number of fused-ring (bicyclic) bond motifs is 1. The van der Waals surface area contributed by atoms with Crippen molar-refractivity contribution in [1.82, 2.24) is 19.9 Å². The molecule has 0 amide bonds. The summed E-state index contributed by atoms with van der Waals surface area (Å²) in [6, 6.07) is 10.0. The van der Waals surface area contributed by atoms with Crippen molar-refractivity contribution < 1.29 is 0 Å². The molecule has 1 saturated heterocycles. The Labute approximate surface area is 152 Å². The normalized spacial score (nSPS) is 15.5. The van der Waals surface area contributed by atoms with Crippen molar-refractivity contribution in [2.24, 2.45) is 0 Å². The molecule has 0 saturated carbocycles. The van der Waals surface area contributed by atoms with Gasteiger partial charge in [0, 0.05) is 32.4 Å². The second-order valence-corrected chi connectivity index (χ2v) is 6.73. The Bertz CT molecular complexity index is 972. The Balaban J connectivity index is 1.75. The van der Waals surface area contributed by atoms with Gasteiger partial charge in [-0.1, -0.05) is 36.8 Å². The molecule has 6 heteroatoms. The van der Waals surface area contributed by atoms with Gasteiger partial charge in [-0.3, -0.25) is 9.78 Å². The molecule has 2 aromatic heterocycles.